The highest BCUT2D eigenvalue weighted by molar-refractivity contribution is 7.92. The third-order valence-electron chi connectivity index (χ3n) is 2.76. The van der Waals surface area contributed by atoms with Crippen molar-refractivity contribution in [2.75, 3.05) is 18.5 Å². The highest BCUT2D eigenvalue weighted by Gasteiger charge is 2.20. The van der Waals surface area contributed by atoms with Gasteiger partial charge in [-0.3, -0.25) is 4.31 Å². The van der Waals surface area contributed by atoms with Gasteiger partial charge < -0.3 is 4.74 Å². The van der Waals surface area contributed by atoms with Crippen LogP contribution in [0.4, 0.5) is 5.69 Å². The van der Waals surface area contributed by atoms with Crippen molar-refractivity contribution < 1.29 is 13.2 Å². The molecule has 4 nitrogen and oxygen atoms in total. The second-order valence-electron chi connectivity index (χ2n) is 3.90. The SMILES string of the molecule is COc1ccc(N(C)S(=O)(=O)c2[c]cccc2)cc1. The second-order valence-corrected chi connectivity index (χ2v) is 5.84. The molecule has 0 amide bonds. The maximum Gasteiger partial charge on any atom is 0.264 e. The lowest BCUT2D eigenvalue weighted by atomic mass is 10.3. The van der Waals surface area contributed by atoms with Crippen molar-refractivity contribution in [1.29, 1.82) is 0 Å². The first-order valence-corrected chi connectivity index (χ1v) is 7.09. The minimum Gasteiger partial charge on any atom is -0.497 e. The summed E-state index contributed by atoms with van der Waals surface area (Å²) in [4.78, 5) is 0.147. The van der Waals surface area contributed by atoms with Crippen molar-refractivity contribution in [3.05, 3.63) is 54.6 Å². The van der Waals surface area contributed by atoms with Crippen molar-refractivity contribution in [3.63, 3.8) is 0 Å². The molecule has 0 aliphatic rings. The van der Waals surface area contributed by atoms with E-state index in [-0.39, 0.29) is 4.90 Å². The van der Waals surface area contributed by atoms with Crippen LogP contribution in [0.15, 0.2) is 53.4 Å². The lowest BCUT2D eigenvalue weighted by molar-refractivity contribution is 0.415. The van der Waals surface area contributed by atoms with Gasteiger partial charge in [-0.1, -0.05) is 18.2 Å². The third-order valence-corrected chi connectivity index (χ3v) is 4.50. The minimum absolute atomic E-state index is 0.147. The van der Waals surface area contributed by atoms with E-state index in [2.05, 4.69) is 6.07 Å². The van der Waals surface area contributed by atoms with Crippen molar-refractivity contribution in [2.45, 2.75) is 4.90 Å². The molecule has 0 saturated carbocycles. The first-order chi connectivity index (χ1) is 9.05. The van der Waals surface area contributed by atoms with Gasteiger partial charge in [0.2, 0.25) is 0 Å². The van der Waals surface area contributed by atoms with Crippen molar-refractivity contribution in [2.24, 2.45) is 0 Å². The number of sulfonamides is 1. The Morgan fingerprint density at radius 2 is 1.79 bits per heavy atom. The molecule has 0 aromatic heterocycles. The fourth-order valence-corrected chi connectivity index (χ4v) is 2.78. The Hall–Kier alpha value is -2.01. The van der Waals surface area contributed by atoms with Crippen LogP contribution in [0.5, 0.6) is 5.75 Å². The number of benzene rings is 2. The lowest BCUT2D eigenvalue weighted by Gasteiger charge is -2.19. The molecule has 0 saturated heterocycles. The van der Waals surface area contributed by atoms with Gasteiger partial charge in [0.25, 0.3) is 10.0 Å². The largest absolute Gasteiger partial charge is 0.497 e. The maximum atomic E-state index is 12.4. The summed E-state index contributed by atoms with van der Waals surface area (Å²) in [5.74, 6) is 0.681. The zero-order chi connectivity index (χ0) is 13.9. The first kappa shape index (κ1) is 13.4. The molecule has 0 aliphatic heterocycles. The summed E-state index contributed by atoms with van der Waals surface area (Å²) in [6.45, 7) is 0. The predicted octanol–water partition coefficient (Wildman–Crippen LogP) is 2.32. The van der Waals surface area contributed by atoms with Crippen LogP contribution < -0.4 is 9.04 Å². The summed E-state index contributed by atoms with van der Waals surface area (Å²) in [5.41, 5.74) is 0.568. The van der Waals surface area contributed by atoms with Gasteiger partial charge in [-0.2, -0.15) is 0 Å². The molecule has 0 aliphatic carbocycles. The number of hydrogen-bond acceptors (Lipinski definition) is 3. The van der Waals surface area contributed by atoms with E-state index in [4.69, 9.17) is 4.74 Å². The van der Waals surface area contributed by atoms with Crippen LogP contribution in [-0.2, 0) is 10.0 Å². The molecule has 0 bridgehead atoms. The van der Waals surface area contributed by atoms with Gasteiger partial charge in [0.05, 0.1) is 17.7 Å². The quantitative estimate of drug-likeness (QED) is 0.861. The molecule has 99 valence electrons. The van der Waals surface area contributed by atoms with Crippen LogP contribution in [-0.4, -0.2) is 22.6 Å². The normalized spacial score (nSPS) is 11.1. The molecule has 2 aromatic carbocycles. The zero-order valence-electron chi connectivity index (χ0n) is 10.7. The monoisotopic (exact) mass is 276 g/mol. The number of hydrogen-bond donors (Lipinski definition) is 0. The molecular formula is C14H14NO3S. The number of methoxy groups -OCH3 is 1. The van der Waals surface area contributed by atoms with E-state index in [0.29, 0.717) is 11.4 Å². The van der Waals surface area contributed by atoms with E-state index >= 15 is 0 Å². The van der Waals surface area contributed by atoms with E-state index in [1.165, 1.54) is 17.4 Å². The van der Waals surface area contributed by atoms with Gasteiger partial charge in [-0.25, -0.2) is 8.42 Å². The van der Waals surface area contributed by atoms with Gasteiger partial charge in [-0.05, 0) is 30.3 Å². The molecule has 19 heavy (non-hydrogen) atoms. The van der Waals surface area contributed by atoms with Gasteiger partial charge >= 0.3 is 0 Å². The summed E-state index contributed by atoms with van der Waals surface area (Å²) in [5, 5.41) is 0. The fourth-order valence-electron chi connectivity index (χ4n) is 1.62. The molecule has 0 spiro atoms. The topological polar surface area (TPSA) is 46.6 Å². The number of ether oxygens (including phenoxy) is 1. The van der Waals surface area contributed by atoms with Crippen molar-refractivity contribution in [3.8, 4) is 5.75 Å². The highest BCUT2D eigenvalue weighted by Crippen LogP contribution is 2.23. The predicted molar refractivity (Wildman–Crippen MR) is 73.9 cm³/mol. The van der Waals surface area contributed by atoms with E-state index in [9.17, 15) is 8.42 Å². The summed E-state index contributed by atoms with van der Waals surface area (Å²) < 4.78 is 31.0. The first-order valence-electron chi connectivity index (χ1n) is 5.65. The summed E-state index contributed by atoms with van der Waals surface area (Å²) in [6, 6.07) is 16.1. The van der Waals surface area contributed by atoms with Crippen molar-refractivity contribution in [1.82, 2.24) is 0 Å². The molecule has 0 heterocycles. The minimum atomic E-state index is -3.57. The molecule has 1 radical (unpaired) electrons. The van der Waals surface area contributed by atoms with E-state index in [0.717, 1.165) is 0 Å². The highest BCUT2D eigenvalue weighted by atomic mass is 32.2. The molecule has 0 fully saturated rings. The maximum absolute atomic E-state index is 12.4. The van der Waals surface area contributed by atoms with Crippen LogP contribution in [0.1, 0.15) is 0 Å². The zero-order valence-corrected chi connectivity index (χ0v) is 11.5. The Labute approximate surface area is 113 Å². The second kappa shape index (κ2) is 5.32. The van der Waals surface area contributed by atoms with Gasteiger partial charge in [-0.15, -0.1) is 0 Å². The Balaban J connectivity index is 2.35. The number of rotatable bonds is 4. The van der Waals surface area contributed by atoms with Gasteiger partial charge in [0.1, 0.15) is 5.75 Å². The molecule has 2 aromatic rings. The molecule has 0 N–H and O–H groups in total. The number of anilines is 1. The van der Waals surface area contributed by atoms with Crippen LogP contribution in [0.2, 0.25) is 0 Å². The van der Waals surface area contributed by atoms with Crippen LogP contribution in [0.3, 0.4) is 0 Å². The average Bonchev–Trinajstić information content (AvgIpc) is 2.47. The number of nitrogens with zero attached hydrogens (tertiary/aromatic N) is 1. The molecule has 5 heteroatoms. The summed E-state index contributed by atoms with van der Waals surface area (Å²) in [7, 11) is -0.499. The summed E-state index contributed by atoms with van der Waals surface area (Å²) in [6.07, 6.45) is 0. The van der Waals surface area contributed by atoms with Gasteiger partial charge in [0, 0.05) is 13.1 Å². The average molecular weight is 276 g/mol. The van der Waals surface area contributed by atoms with E-state index < -0.39 is 10.0 Å². The van der Waals surface area contributed by atoms with Crippen LogP contribution in [0, 0.1) is 6.07 Å². The van der Waals surface area contributed by atoms with Crippen molar-refractivity contribution >= 4 is 15.7 Å². The summed E-state index contributed by atoms with van der Waals surface area (Å²) >= 11 is 0. The van der Waals surface area contributed by atoms with E-state index in [1.54, 1.807) is 49.6 Å². The van der Waals surface area contributed by atoms with Crippen LogP contribution in [0.25, 0.3) is 0 Å². The van der Waals surface area contributed by atoms with E-state index in [1.807, 2.05) is 0 Å². The van der Waals surface area contributed by atoms with Gasteiger partial charge in [0.15, 0.2) is 0 Å². The third kappa shape index (κ3) is 2.71. The molecule has 0 unspecified atom stereocenters. The Morgan fingerprint density at radius 3 is 2.32 bits per heavy atom. The lowest BCUT2D eigenvalue weighted by Crippen LogP contribution is -2.26. The molecule has 2 rings (SSSR count). The Morgan fingerprint density at radius 1 is 1.11 bits per heavy atom. The van der Waals surface area contributed by atoms with Crippen LogP contribution >= 0.6 is 0 Å². The smallest absolute Gasteiger partial charge is 0.264 e. The fraction of sp³-hybridized carbons (Fsp3) is 0.143. The standard InChI is InChI=1S/C14H14NO3S/c1-15(12-8-10-13(18-2)11-9-12)19(16,17)14-6-4-3-5-7-14/h3-6,8-11H,1-2H3. The molecular weight excluding hydrogens is 262 g/mol. The Bertz CT molecular complexity index is 636. The Kier molecular flexibility index (Phi) is 3.76. The molecule has 0 atom stereocenters.